The zero-order valence-corrected chi connectivity index (χ0v) is 8.57. The van der Waals surface area contributed by atoms with Gasteiger partial charge in [-0.25, -0.2) is 4.98 Å². The van der Waals surface area contributed by atoms with Crippen LogP contribution in [0, 0.1) is 0 Å². The summed E-state index contributed by atoms with van der Waals surface area (Å²) in [6.07, 6.45) is 2.29. The van der Waals surface area contributed by atoms with E-state index in [-0.39, 0.29) is 0 Å². The summed E-state index contributed by atoms with van der Waals surface area (Å²) in [4.78, 5) is 15.3. The highest BCUT2D eigenvalue weighted by Crippen LogP contribution is 2.21. The summed E-state index contributed by atoms with van der Waals surface area (Å²) in [5.41, 5.74) is 6.53. The molecule has 1 saturated heterocycles. The summed E-state index contributed by atoms with van der Waals surface area (Å²) in [7, 11) is 0. The molecule has 1 aromatic heterocycles. The van der Waals surface area contributed by atoms with Gasteiger partial charge in [-0.1, -0.05) is 6.07 Å². The van der Waals surface area contributed by atoms with Gasteiger partial charge < -0.3 is 11.1 Å². The van der Waals surface area contributed by atoms with Crippen LogP contribution in [-0.4, -0.2) is 24.0 Å². The molecule has 1 aliphatic rings. The van der Waals surface area contributed by atoms with E-state index in [2.05, 4.69) is 10.3 Å². The van der Waals surface area contributed by atoms with E-state index in [1.807, 2.05) is 12.1 Å². The first-order chi connectivity index (χ1) is 7.27. The molecule has 0 bridgehead atoms. The van der Waals surface area contributed by atoms with Gasteiger partial charge in [-0.2, -0.15) is 0 Å². The van der Waals surface area contributed by atoms with Crippen molar-refractivity contribution in [1.82, 2.24) is 10.3 Å². The Morgan fingerprint density at radius 1 is 1.53 bits per heavy atom. The highest BCUT2D eigenvalue weighted by molar-refractivity contribution is 5.90. The highest BCUT2D eigenvalue weighted by Gasteiger charge is 2.17. The van der Waals surface area contributed by atoms with Crippen LogP contribution >= 0.6 is 0 Å². The number of carbonyl (C=O) groups is 1. The summed E-state index contributed by atoms with van der Waals surface area (Å²) < 4.78 is 0. The molecular weight excluding hydrogens is 190 g/mol. The van der Waals surface area contributed by atoms with Crippen LogP contribution in [0.15, 0.2) is 18.2 Å². The minimum atomic E-state index is -0.458. The number of primary amides is 1. The van der Waals surface area contributed by atoms with E-state index in [4.69, 9.17) is 5.73 Å². The van der Waals surface area contributed by atoms with Gasteiger partial charge in [0.05, 0.1) is 0 Å². The average Bonchev–Trinajstić information content (AvgIpc) is 2.30. The molecule has 2 heterocycles. The lowest BCUT2D eigenvalue weighted by Gasteiger charge is -2.22. The van der Waals surface area contributed by atoms with Crippen molar-refractivity contribution in [2.75, 3.05) is 13.1 Å². The lowest BCUT2D eigenvalue weighted by molar-refractivity contribution is 0.0995. The fourth-order valence-corrected chi connectivity index (χ4v) is 1.92. The van der Waals surface area contributed by atoms with Crippen LogP contribution in [-0.2, 0) is 0 Å². The Kier molecular flexibility index (Phi) is 2.97. The first-order valence-corrected chi connectivity index (χ1v) is 5.25. The van der Waals surface area contributed by atoms with Gasteiger partial charge >= 0.3 is 0 Å². The van der Waals surface area contributed by atoms with Crippen LogP contribution < -0.4 is 11.1 Å². The molecule has 0 radical (unpaired) electrons. The number of nitrogens with two attached hydrogens (primary N) is 1. The van der Waals surface area contributed by atoms with Crippen LogP contribution in [0.4, 0.5) is 0 Å². The minimum absolute atomic E-state index is 0.359. The Labute approximate surface area is 88.9 Å². The highest BCUT2D eigenvalue weighted by atomic mass is 16.1. The van der Waals surface area contributed by atoms with E-state index in [1.54, 1.807) is 6.07 Å². The van der Waals surface area contributed by atoms with E-state index >= 15 is 0 Å². The second kappa shape index (κ2) is 4.40. The molecule has 0 aromatic carbocycles. The van der Waals surface area contributed by atoms with Crippen molar-refractivity contribution in [3.8, 4) is 0 Å². The molecular formula is C11H15N3O. The first kappa shape index (κ1) is 10.1. The second-order valence-corrected chi connectivity index (χ2v) is 3.86. The summed E-state index contributed by atoms with van der Waals surface area (Å²) in [5.74, 6) is -0.0429. The van der Waals surface area contributed by atoms with Gasteiger partial charge in [0.2, 0.25) is 0 Å². The van der Waals surface area contributed by atoms with Gasteiger partial charge in [0.1, 0.15) is 5.69 Å². The van der Waals surface area contributed by atoms with Crippen molar-refractivity contribution in [2.45, 2.75) is 18.8 Å². The summed E-state index contributed by atoms with van der Waals surface area (Å²) >= 11 is 0. The van der Waals surface area contributed by atoms with Crippen molar-refractivity contribution in [3.63, 3.8) is 0 Å². The predicted molar refractivity (Wildman–Crippen MR) is 57.6 cm³/mol. The molecule has 0 unspecified atom stereocenters. The Balaban J connectivity index is 2.19. The molecule has 1 aliphatic heterocycles. The third-order valence-electron chi connectivity index (χ3n) is 2.74. The quantitative estimate of drug-likeness (QED) is 0.744. The number of nitrogens with one attached hydrogen (secondary N) is 1. The number of pyridine rings is 1. The monoisotopic (exact) mass is 205 g/mol. The van der Waals surface area contributed by atoms with Crippen LogP contribution in [0.5, 0.6) is 0 Å². The zero-order chi connectivity index (χ0) is 10.7. The number of hydrogen-bond acceptors (Lipinski definition) is 3. The maximum Gasteiger partial charge on any atom is 0.267 e. The molecule has 0 aliphatic carbocycles. The van der Waals surface area contributed by atoms with Crippen molar-refractivity contribution in [2.24, 2.45) is 5.73 Å². The number of carbonyl (C=O) groups excluding carboxylic acids is 1. The van der Waals surface area contributed by atoms with Crippen LogP contribution in [0.3, 0.4) is 0 Å². The SMILES string of the molecule is NC(=O)c1cccc([C@H]2CCCNC2)n1. The molecule has 15 heavy (non-hydrogen) atoms. The van der Waals surface area contributed by atoms with Gasteiger partial charge in [-0.05, 0) is 31.5 Å². The predicted octanol–water partition coefficient (Wildman–Crippen LogP) is 0.647. The summed E-state index contributed by atoms with van der Waals surface area (Å²) in [6, 6.07) is 5.46. The largest absolute Gasteiger partial charge is 0.364 e. The molecule has 4 heteroatoms. The Morgan fingerprint density at radius 3 is 3.07 bits per heavy atom. The zero-order valence-electron chi connectivity index (χ0n) is 8.57. The maximum atomic E-state index is 11.0. The summed E-state index contributed by atoms with van der Waals surface area (Å²) in [6.45, 7) is 2.02. The lowest BCUT2D eigenvalue weighted by Crippen LogP contribution is -2.29. The molecule has 1 amide bonds. The molecule has 80 valence electrons. The molecule has 1 aromatic rings. The van der Waals surface area contributed by atoms with Gasteiger partial charge in [0, 0.05) is 18.2 Å². The molecule has 2 rings (SSSR count). The third kappa shape index (κ3) is 2.33. The average molecular weight is 205 g/mol. The van der Waals surface area contributed by atoms with Gasteiger partial charge in [0.25, 0.3) is 5.91 Å². The topological polar surface area (TPSA) is 68.0 Å². The van der Waals surface area contributed by atoms with Crippen LogP contribution in [0.2, 0.25) is 0 Å². The normalized spacial score (nSPS) is 21.2. The fraction of sp³-hybridized carbons (Fsp3) is 0.455. The number of aromatic nitrogens is 1. The van der Waals surface area contributed by atoms with E-state index in [0.29, 0.717) is 11.6 Å². The van der Waals surface area contributed by atoms with E-state index in [9.17, 15) is 4.79 Å². The second-order valence-electron chi connectivity index (χ2n) is 3.86. The molecule has 4 nitrogen and oxygen atoms in total. The minimum Gasteiger partial charge on any atom is -0.364 e. The van der Waals surface area contributed by atoms with E-state index in [0.717, 1.165) is 31.6 Å². The van der Waals surface area contributed by atoms with Gasteiger partial charge in [-0.3, -0.25) is 4.79 Å². The fourth-order valence-electron chi connectivity index (χ4n) is 1.92. The van der Waals surface area contributed by atoms with Gasteiger partial charge in [0.15, 0.2) is 0 Å². The van der Waals surface area contributed by atoms with Crippen molar-refractivity contribution in [3.05, 3.63) is 29.6 Å². The lowest BCUT2D eigenvalue weighted by atomic mass is 9.95. The van der Waals surface area contributed by atoms with Crippen LogP contribution in [0.25, 0.3) is 0 Å². The third-order valence-corrected chi connectivity index (χ3v) is 2.74. The maximum absolute atomic E-state index is 11.0. The van der Waals surface area contributed by atoms with Gasteiger partial charge in [-0.15, -0.1) is 0 Å². The van der Waals surface area contributed by atoms with Crippen LogP contribution in [0.1, 0.15) is 34.9 Å². The number of hydrogen-bond donors (Lipinski definition) is 2. The van der Waals surface area contributed by atoms with Crippen molar-refractivity contribution >= 4 is 5.91 Å². The number of amides is 1. The first-order valence-electron chi connectivity index (χ1n) is 5.25. The Hall–Kier alpha value is -1.42. The Bertz CT molecular complexity index is 359. The Morgan fingerprint density at radius 2 is 2.40 bits per heavy atom. The number of piperidine rings is 1. The van der Waals surface area contributed by atoms with E-state index in [1.165, 1.54) is 0 Å². The standard InChI is InChI=1S/C11H15N3O/c12-11(15)10-5-1-4-9(14-10)8-3-2-6-13-7-8/h1,4-5,8,13H,2-3,6-7H2,(H2,12,15)/t8-/m0/s1. The molecule has 0 saturated carbocycles. The molecule has 1 fully saturated rings. The number of nitrogens with zero attached hydrogens (tertiary/aromatic N) is 1. The van der Waals surface area contributed by atoms with Crippen molar-refractivity contribution < 1.29 is 4.79 Å². The van der Waals surface area contributed by atoms with E-state index < -0.39 is 5.91 Å². The smallest absolute Gasteiger partial charge is 0.267 e. The van der Waals surface area contributed by atoms with Crippen molar-refractivity contribution in [1.29, 1.82) is 0 Å². The molecule has 3 N–H and O–H groups in total. The molecule has 0 spiro atoms. The number of rotatable bonds is 2. The molecule has 1 atom stereocenters. The summed E-state index contributed by atoms with van der Waals surface area (Å²) in [5, 5.41) is 3.33.